The predicted molar refractivity (Wildman–Crippen MR) is 112 cm³/mol. The largest absolute Gasteiger partial charge is 0.444 e. The summed E-state index contributed by atoms with van der Waals surface area (Å²) in [5, 5.41) is 2.92. The highest BCUT2D eigenvalue weighted by atomic mass is 19.4. The maximum absolute atomic E-state index is 12.9. The minimum absolute atomic E-state index is 0.111. The zero-order chi connectivity index (χ0) is 23.3. The van der Waals surface area contributed by atoms with E-state index in [2.05, 4.69) is 10.3 Å². The van der Waals surface area contributed by atoms with Crippen molar-refractivity contribution in [1.29, 1.82) is 0 Å². The van der Waals surface area contributed by atoms with E-state index in [9.17, 15) is 22.8 Å². The van der Waals surface area contributed by atoms with Crippen molar-refractivity contribution in [2.45, 2.75) is 50.9 Å². The van der Waals surface area contributed by atoms with Crippen molar-refractivity contribution in [3.63, 3.8) is 0 Å². The van der Waals surface area contributed by atoms with Crippen LogP contribution < -0.4 is 5.32 Å². The fourth-order valence-electron chi connectivity index (χ4n) is 4.35. The zero-order valence-corrected chi connectivity index (χ0v) is 17.9. The molecule has 32 heavy (non-hydrogen) atoms. The number of piperidine rings is 1. The van der Waals surface area contributed by atoms with Crippen LogP contribution in [0.4, 0.5) is 29.3 Å². The zero-order valence-electron chi connectivity index (χ0n) is 17.9. The molecule has 4 rings (SSSR count). The number of halogens is 3. The molecular formula is C23H24F3N3O3. The lowest BCUT2D eigenvalue weighted by atomic mass is 9.89. The smallest absolute Gasteiger partial charge is 0.433 e. The number of fused-ring (bicyclic) bond motifs is 2. The van der Waals surface area contributed by atoms with E-state index in [1.165, 1.54) is 6.07 Å². The van der Waals surface area contributed by atoms with Crippen LogP contribution >= 0.6 is 0 Å². The second kappa shape index (κ2) is 7.79. The fourth-order valence-corrected chi connectivity index (χ4v) is 4.35. The number of hydrogen-bond donors (Lipinski definition) is 1. The van der Waals surface area contributed by atoms with E-state index in [1.54, 1.807) is 49.9 Å². The van der Waals surface area contributed by atoms with Gasteiger partial charge < -0.3 is 15.0 Å². The van der Waals surface area contributed by atoms with Crippen LogP contribution in [0.5, 0.6) is 0 Å². The molecule has 2 bridgehead atoms. The summed E-state index contributed by atoms with van der Waals surface area (Å²) in [6.45, 7) is 5.77. The van der Waals surface area contributed by atoms with Gasteiger partial charge in [-0.05, 0) is 57.0 Å². The molecule has 6 nitrogen and oxygen atoms in total. The van der Waals surface area contributed by atoms with Gasteiger partial charge in [0.2, 0.25) is 0 Å². The summed E-state index contributed by atoms with van der Waals surface area (Å²) < 4.78 is 44.1. The summed E-state index contributed by atoms with van der Waals surface area (Å²) >= 11 is 0. The van der Waals surface area contributed by atoms with Gasteiger partial charge in [-0.1, -0.05) is 12.1 Å². The van der Waals surface area contributed by atoms with Gasteiger partial charge >= 0.3 is 12.3 Å². The number of anilines is 2. The Hall–Kier alpha value is -3.10. The van der Waals surface area contributed by atoms with Crippen molar-refractivity contribution in [3.8, 4) is 0 Å². The van der Waals surface area contributed by atoms with E-state index in [1.807, 2.05) is 0 Å². The van der Waals surface area contributed by atoms with Gasteiger partial charge in [-0.2, -0.15) is 13.2 Å². The van der Waals surface area contributed by atoms with Gasteiger partial charge in [0.25, 0.3) is 0 Å². The van der Waals surface area contributed by atoms with E-state index < -0.39 is 29.5 Å². The first kappa shape index (κ1) is 22.1. The molecule has 2 heterocycles. The maximum atomic E-state index is 12.9. The third kappa shape index (κ3) is 4.42. The lowest BCUT2D eigenvalue weighted by Crippen LogP contribution is -2.46. The molecule has 1 aliphatic heterocycles. The topological polar surface area (TPSA) is 71.5 Å². The Labute approximate surface area is 183 Å². The Balaban J connectivity index is 1.49. The van der Waals surface area contributed by atoms with E-state index >= 15 is 0 Å². The Kier molecular flexibility index (Phi) is 5.38. The van der Waals surface area contributed by atoms with Gasteiger partial charge in [0.15, 0.2) is 0 Å². The number of rotatable bonds is 3. The number of pyridine rings is 1. The third-order valence-corrected chi connectivity index (χ3v) is 5.67. The lowest BCUT2D eigenvalue weighted by Gasteiger charge is -2.34. The van der Waals surface area contributed by atoms with Crippen molar-refractivity contribution in [1.82, 2.24) is 9.88 Å². The molecule has 0 unspecified atom stereocenters. The average Bonchev–Trinajstić information content (AvgIpc) is 3.25. The third-order valence-electron chi connectivity index (χ3n) is 5.67. The lowest BCUT2D eigenvalue weighted by molar-refractivity contribution is -0.141. The van der Waals surface area contributed by atoms with Crippen molar-refractivity contribution in [2.24, 2.45) is 5.92 Å². The van der Waals surface area contributed by atoms with Gasteiger partial charge in [-0.25, -0.2) is 4.79 Å². The Bertz CT molecular complexity index is 1030. The maximum Gasteiger partial charge on any atom is 0.433 e. The SMILES string of the molecule is CC(C)(C)OC(=O)N1C[C@@H]2C[C@H]1[C@@H](c1ccc(Nc3ccnc(C(F)(F)F)c3)cc1)C2=O. The number of benzene rings is 1. The summed E-state index contributed by atoms with van der Waals surface area (Å²) in [6, 6.07) is 9.08. The van der Waals surface area contributed by atoms with E-state index in [4.69, 9.17) is 4.74 Å². The molecule has 170 valence electrons. The normalized spacial score (nSPS) is 22.9. The summed E-state index contributed by atoms with van der Waals surface area (Å²) in [4.78, 5) is 30.4. The predicted octanol–water partition coefficient (Wildman–Crippen LogP) is 5.14. The van der Waals surface area contributed by atoms with Crippen LogP contribution in [-0.4, -0.2) is 39.9 Å². The molecule has 2 aromatic rings. The number of aromatic nitrogens is 1. The number of alkyl halides is 3. The number of carbonyl (C=O) groups is 2. The highest BCUT2D eigenvalue weighted by Crippen LogP contribution is 2.45. The Morgan fingerprint density at radius 2 is 1.81 bits per heavy atom. The summed E-state index contributed by atoms with van der Waals surface area (Å²) in [5.41, 5.74) is 0.00539. The molecular weight excluding hydrogens is 423 g/mol. The number of ketones is 1. The fraction of sp³-hybridized carbons (Fsp3) is 0.435. The first-order valence-electron chi connectivity index (χ1n) is 10.4. The van der Waals surface area contributed by atoms with Crippen LogP contribution in [0.25, 0.3) is 0 Å². The van der Waals surface area contributed by atoms with Crippen LogP contribution in [0.1, 0.15) is 44.4 Å². The Morgan fingerprint density at radius 3 is 2.41 bits per heavy atom. The standard InChI is InChI=1S/C23H24F3N3O3/c1-22(2,3)32-21(31)29-12-14-10-17(29)19(20(14)30)13-4-6-15(7-5-13)28-16-8-9-27-18(11-16)23(24,25)26/h4-9,11,14,17,19H,10,12H2,1-3H3,(H,27,28)/t14-,17-,19+/m0/s1. The van der Waals surface area contributed by atoms with Crippen LogP contribution in [0.2, 0.25) is 0 Å². The molecule has 1 aromatic heterocycles. The minimum atomic E-state index is -4.52. The molecule has 1 N–H and O–H groups in total. The van der Waals surface area contributed by atoms with Crippen molar-refractivity contribution < 1.29 is 27.5 Å². The highest BCUT2D eigenvalue weighted by Gasteiger charge is 2.54. The van der Waals surface area contributed by atoms with Crippen molar-refractivity contribution >= 4 is 23.3 Å². The highest BCUT2D eigenvalue weighted by molar-refractivity contribution is 5.94. The van der Waals surface area contributed by atoms with Crippen LogP contribution in [0.3, 0.4) is 0 Å². The molecule has 9 heteroatoms. The van der Waals surface area contributed by atoms with E-state index in [0.29, 0.717) is 18.7 Å². The molecule has 1 aromatic carbocycles. The molecule has 0 spiro atoms. The summed E-state index contributed by atoms with van der Waals surface area (Å²) in [5.74, 6) is -0.527. The van der Waals surface area contributed by atoms with Crippen molar-refractivity contribution in [3.05, 3.63) is 53.9 Å². The van der Waals surface area contributed by atoms with E-state index in [-0.39, 0.29) is 23.4 Å². The van der Waals surface area contributed by atoms with Gasteiger partial charge in [-0.3, -0.25) is 9.78 Å². The molecule has 1 saturated heterocycles. The molecule has 2 aliphatic rings. The number of carbonyl (C=O) groups excluding carboxylic acids is 2. The van der Waals surface area contributed by atoms with Crippen LogP contribution in [0.15, 0.2) is 42.6 Å². The number of nitrogens with zero attached hydrogens (tertiary/aromatic N) is 2. The number of Topliss-reactive ketones (excluding diaryl/α,β-unsaturated/α-hetero) is 1. The average molecular weight is 447 g/mol. The second-order valence-corrected chi connectivity index (χ2v) is 9.19. The number of likely N-dealkylation sites (tertiary alicyclic amines) is 1. The van der Waals surface area contributed by atoms with Crippen molar-refractivity contribution in [2.75, 3.05) is 11.9 Å². The van der Waals surface area contributed by atoms with Gasteiger partial charge in [0.1, 0.15) is 17.1 Å². The number of amides is 1. The minimum Gasteiger partial charge on any atom is -0.444 e. The quantitative estimate of drug-likeness (QED) is 0.706. The monoisotopic (exact) mass is 447 g/mol. The molecule has 1 amide bonds. The second-order valence-electron chi connectivity index (χ2n) is 9.19. The van der Waals surface area contributed by atoms with Gasteiger partial charge in [-0.15, -0.1) is 0 Å². The summed E-state index contributed by atoms with van der Waals surface area (Å²) in [6.07, 6.45) is -3.23. The first-order chi connectivity index (χ1) is 14.9. The molecule has 0 radical (unpaired) electrons. The first-order valence-corrected chi connectivity index (χ1v) is 10.4. The molecule has 3 atom stereocenters. The Morgan fingerprint density at radius 1 is 1.12 bits per heavy atom. The number of hydrogen-bond acceptors (Lipinski definition) is 5. The summed E-state index contributed by atoms with van der Waals surface area (Å²) in [7, 11) is 0. The van der Waals surface area contributed by atoms with Gasteiger partial charge in [0, 0.05) is 36.1 Å². The van der Waals surface area contributed by atoms with E-state index in [0.717, 1.165) is 17.8 Å². The molecule has 2 fully saturated rings. The molecule has 1 aliphatic carbocycles. The van der Waals surface area contributed by atoms with Crippen LogP contribution in [-0.2, 0) is 15.7 Å². The number of ether oxygens (including phenoxy) is 1. The molecule has 1 saturated carbocycles. The number of nitrogens with one attached hydrogen (secondary N) is 1. The van der Waals surface area contributed by atoms with Gasteiger partial charge in [0.05, 0.1) is 5.92 Å². The van der Waals surface area contributed by atoms with Crippen LogP contribution in [0, 0.1) is 5.92 Å².